The van der Waals surface area contributed by atoms with Gasteiger partial charge in [-0.25, -0.2) is 4.98 Å². The molecule has 3 heterocycles. The van der Waals surface area contributed by atoms with Gasteiger partial charge in [0.2, 0.25) is 0 Å². The van der Waals surface area contributed by atoms with Crippen LogP contribution in [-0.2, 0) is 6.42 Å². The molecule has 5 nitrogen and oxygen atoms in total. The quantitative estimate of drug-likeness (QED) is 0.165. The molecule has 0 aliphatic heterocycles. The third-order valence-electron chi connectivity index (χ3n) is 15.5. The topological polar surface area (TPSA) is 68.8 Å². The molecule has 2 N–H and O–H groups in total. The summed E-state index contributed by atoms with van der Waals surface area (Å²) in [6.45, 7) is 0. The van der Waals surface area contributed by atoms with Gasteiger partial charge in [0.05, 0.1) is 16.7 Å². The van der Waals surface area contributed by atoms with Gasteiger partial charge in [0, 0.05) is 38.5 Å². The number of benzene rings is 11. The number of H-pyrrole nitrogens is 2. The molecule has 356 valence electrons. The Morgan fingerprint density at radius 2 is 0.882 bits per heavy atom. The van der Waals surface area contributed by atoms with Crippen LogP contribution in [0, 0.1) is 0 Å². The van der Waals surface area contributed by atoms with Gasteiger partial charge in [-0.05, 0) is 139 Å². The molecule has 0 saturated heterocycles. The Kier molecular flexibility index (Phi) is 10.3. The number of fused-ring (bicyclic) bond motifs is 9. The molecule has 0 bridgehead atoms. The van der Waals surface area contributed by atoms with Gasteiger partial charge in [0.1, 0.15) is 11.2 Å². The minimum atomic E-state index is -0.0179. The van der Waals surface area contributed by atoms with Crippen molar-refractivity contribution in [3.05, 3.63) is 271 Å². The molecule has 0 fully saturated rings. The van der Waals surface area contributed by atoms with E-state index in [-0.39, 0.29) is 5.92 Å². The first kappa shape index (κ1) is 43.6. The van der Waals surface area contributed by atoms with Crippen LogP contribution in [0.2, 0.25) is 0 Å². The Hall–Kier alpha value is -9.97. The average Bonchev–Trinajstić information content (AvgIpc) is 4.07. The van der Waals surface area contributed by atoms with E-state index >= 15 is 0 Å². The maximum Gasteiger partial charge on any atom is 0.308 e. The van der Waals surface area contributed by atoms with E-state index in [4.69, 9.17) is 14.4 Å². The van der Waals surface area contributed by atoms with Crippen LogP contribution in [0.25, 0.3) is 134 Å². The fourth-order valence-electron chi connectivity index (χ4n) is 11.9. The summed E-state index contributed by atoms with van der Waals surface area (Å²) in [5, 5.41) is 4.49. The highest BCUT2D eigenvalue weighted by atomic mass is 16.3. The zero-order chi connectivity index (χ0) is 50.1. The van der Waals surface area contributed by atoms with Crippen molar-refractivity contribution in [3.63, 3.8) is 0 Å². The fourth-order valence-corrected chi connectivity index (χ4v) is 11.9. The first-order valence-corrected chi connectivity index (χ1v) is 26.0. The summed E-state index contributed by atoms with van der Waals surface area (Å²) in [5.74, 6) is 1.98. The first-order chi connectivity index (χ1) is 37.6. The van der Waals surface area contributed by atoms with Crippen molar-refractivity contribution < 1.29 is 9.40 Å². The SMILES string of the molecule is c1ccc(-c2ccc3c(c2)CC(c2c(-c4ccccc4)cc(-c4nc(-c5ccc6c(c5)oc5ccccc56)nc(-c5ccc6c(c5)[nH]c5ccccc56)[nH+]4)cc2-c2ccccc2)c2cc(-c4ccccc4)ccc2-3)cc1. The number of para-hydroxylation sites is 2. The van der Waals surface area contributed by atoms with Gasteiger partial charge in [-0.2, -0.15) is 0 Å². The van der Waals surface area contributed by atoms with Crippen molar-refractivity contribution in [1.29, 1.82) is 0 Å². The Labute approximate surface area is 439 Å². The van der Waals surface area contributed by atoms with Gasteiger partial charge < -0.3 is 9.40 Å². The summed E-state index contributed by atoms with van der Waals surface area (Å²) in [4.78, 5) is 18.3. The molecule has 1 aliphatic rings. The monoisotopic (exact) mass is 971 g/mol. The number of aromatic amines is 2. The summed E-state index contributed by atoms with van der Waals surface area (Å²) in [5.41, 5.74) is 22.4. The van der Waals surface area contributed by atoms with Crippen LogP contribution in [0.1, 0.15) is 22.6 Å². The molecule has 0 amide bonds. The van der Waals surface area contributed by atoms with Crippen LogP contribution < -0.4 is 4.98 Å². The minimum Gasteiger partial charge on any atom is -0.456 e. The Morgan fingerprint density at radius 3 is 1.58 bits per heavy atom. The van der Waals surface area contributed by atoms with E-state index in [1.807, 2.05) is 12.1 Å². The molecule has 11 aromatic carbocycles. The molecule has 3 aromatic heterocycles. The molecule has 1 atom stereocenters. The van der Waals surface area contributed by atoms with Crippen LogP contribution in [-0.4, -0.2) is 15.0 Å². The van der Waals surface area contributed by atoms with Gasteiger partial charge in [-0.1, -0.05) is 204 Å². The van der Waals surface area contributed by atoms with Crippen molar-refractivity contribution in [2.75, 3.05) is 0 Å². The second kappa shape index (κ2) is 17.9. The molecule has 5 heteroatoms. The number of hydrogen-bond donors (Lipinski definition) is 1. The molecular formula is C71H47N4O+. The van der Waals surface area contributed by atoms with E-state index in [1.165, 1.54) is 60.8 Å². The van der Waals surface area contributed by atoms with Gasteiger partial charge in [0.15, 0.2) is 0 Å². The van der Waals surface area contributed by atoms with E-state index in [0.717, 1.165) is 78.3 Å². The maximum atomic E-state index is 6.46. The van der Waals surface area contributed by atoms with E-state index in [2.05, 4.69) is 253 Å². The zero-order valence-corrected chi connectivity index (χ0v) is 41.3. The maximum absolute atomic E-state index is 6.46. The van der Waals surface area contributed by atoms with E-state index in [9.17, 15) is 0 Å². The fraction of sp³-hybridized carbons (Fsp3) is 0.0282. The van der Waals surface area contributed by atoms with Crippen molar-refractivity contribution in [2.24, 2.45) is 0 Å². The molecule has 0 saturated carbocycles. The van der Waals surface area contributed by atoms with Crippen molar-refractivity contribution in [2.45, 2.75) is 12.3 Å². The van der Waals surface area contributed by atoms with Gasteiger partial charge in [-0.3, -0.25) is 0 Å². The number of rotatable bonds is 8. The van der Waals surface area contributed by atoms with Crippen LogP contribution in [0.15, 0.2) is 259 Å². The lowest BCUT2D eigenvalue weighted by Crippen LogP contribution is -2.18. The van der Waals surface area contributed by atoms with Gasteiger partial charge in [-0.15, -0.1) is 0 Å². The van der Waals surface area contributed by atoms with Crippen LogP contribution in [0.3, 0.4) is 0 Å². The summed E-state index contributed by atoms with van der Waals surface area (Å²) in [7, 11) is 0. The van der Waals surface area contributed by atoms with E-state index in [1.54, 1.807) is 0 Å². The van der Waals surface area contributed by atoms with Crippen molar-refractivity contribution in [3.8, 4) is 89.8 Å². The number of furan rings is 1. The Bertz CT molecular complexity index is 4350. The second-order valence-electron chi connectivity index (χ2n) is 20.0. The third kappa shape index (κ3) is 7.51. The number of hydrogen-bond acceptors (Lipinski definition) is 3. The highest BCUT2D eigenvalue weighted by molar-refractivity contribution is 6.08. The molecule has 0 radical (unpaired) electrons. The lowest BCUT2D eigenvalue weighted by molar-refractivity contribution is -0.359. The van der Waals surface area contributed by atoms with E-state index in [0.29, 0.717) is 17.5 Å². The predicted molar refractivity (Wildman–Crippen MR) is 311 cm³/mol. The first-order valence-electron chi connectivity index (χ1n) is 26.0. The lowest BCUT2D eigenvalue weighted by Gasteiger charge is -2.32. The third-order valence-corrected chi connectivity index (χ3v) is 15.5. The molecule has 0 spiro atoms. The molecule has 76 heavy (non-hydrogen) atoms. The van der Waals surface area contributed by atoms with Crippen molar-refractivity contribution in [1.82, 2.24) is 15.0 Å². The smallest absolute Gasteiger partial charge is 0.308 e. The molecule has 14 aromatic rings. The summed E-state index contributed by atoms with van der Waals surface area (Å²) >= 11 is 0. The van der Waals surface area contributed by atoms with Crippen molar-refractivity contribution >= 4 is 43.7 Å². The van der Waals surface area contributed by atoms with Gasteiger partial charge in [0.25, 0.3) is 11.6 Å². The molecule has 15 rings (SSSR count). The number of nitrogens with zero attached hydrogens (tertiary/aromatic N) is 2. The summed E-state index contributed by atoms with van der Waals surface area (Å²) in [6, 6.07) is 91.8. The summed E-state index contributed by atoms with van der Waals surface area (Å²) in [6.07, 6.45) is 0.814. The average molecular weight is 972 g/mol. The Morgan fingerprint density at radius 1 is 0.355 bits per heavy atom. The van der Waals surface area contributed by atoms with Gasteiger partial charge >= 0.3 is 5.82 Å². The van der Waals surface area contributed by atoms with Crippen LogP contribution >= 0.6 is 0 Å². The van der Waals surface area contributed by atoms with Crippen LogP contribution in [0.4, 0.5) is 0 Å². The predicted octanol–water partition coefficient (Wildman–Crippen LogP) is 17.8. The molecule has 1 aliphatic carbocycles. The Balaban J connectivity index is 0.980. The standard InChI is InChI=1S/C71H46N4O/c1-5-17-44(18-6-1)48-29-33-54-52(37-48)39-63(62-38-49(30-34-55(54)62)45-19-7-2-8-20-45)68-60(46-21-9-3-10-22-46)40-53(41-61(68)47-23-11-4-12-24-47)71-74-69(50-31-35-57-56-25-13-15-27-64(56)72-65(57)42-50)73-70(75-71)51-32-36-59-58-26-14-16-28-66(58)76-67(59)43-51/h1-38,40-43,63,72H,39H2/p+1. The lowest BCUT2D eigenvalue weighted by atomic mass is 9.71. The second-order valence-corrected chi connectivity index (χ2v) is 20.0. The number of nitrogens with one attached hydrogen (secondary N) is 2. The normalized spacial score (nSPS) is 13.1. The summed E-state index contributed by atoms with van der Waals surface area (Å²) < 4.78 is 6.46. The molecule has 1 unspecified atom stereocenters. The molecular weight excluding hydrogens is 925 g/mol. The highest BCUT2D eigenvalue weighted by Gasteiger charge is 2.33. The highest BCUT2D eigenvalue weighted by Crippen LogP contribution is 2.51. The van der Waals surface area contributed by atoms with E-state index < -0.39 is 0 Å². The minimum absolute atomic E-state index is 0.0179. The van der Waals surface area contributed by atoms with Crippen LogP contribution in [0.5, 0.6) is 0 Å². The number of aromatic nitrogens is 4. The zero-order valence-electron chi connectivity index (χ0n) is 41.3. The largest absolute Gasteiger partial charge is 0.456 e.